The number of amidine groups is 1. The van der Waals surface area contributed by atoms with Crippen LogP contribution in [0.3, 0.4) is 0 Å². The Morgan fingerprint density at radius 2 is 2.00 bits per heavy atom. The van der Waals surface area contributed by atoms with Crippen molar-refractivity contribution in [3.8, 4) is 0 Å². The Morgan fingerprint density at radius 3 is 2.53 bits per heavy atom. The van der Waals surface area contributed by atoms with Crippen LogP contribution in [0.15, 0.2) is 21.8 Å². The standard InChI is InChI=1S/C11H12BrF2N3O2/c12-6-4-7(13)10(8(14)5-6)11(18)16-3-1-2-9(15)17-19/h4-5,19H,1-3H2,(H2,15,17)(H,16,18). The SMILES string of the molecule is NC(CCCNC(=O)c1c(F)cc(Br)cc1F)=NO. The van der Waals surface area contributed by atoms with Gasteiger partial charge in [-0.25, -0.2) is 8.78 Å². The van der Waals surface area contributed by atoms with Gasteiger partial charge in [0, 0.05) is 17.4 Å². The third-order valence-electron chi connectivity index (χ3n) is 2.26. The Hall–Kier alpha value is -1.70. The fourth-order valence-corrected chi connectivity index (χ4v) is 1.77. The number of rotatable bonds is 5. The van der Waals surface area contributed by atoms with E-state index in [1.165, 1.54) is 0 Å². The van der Waals surface area contributed by atoms with Crippen molar-refractivity contribution >= 4 is 27.7 Å². The molecule has 1 aromatic carbocycles. The van der Waals surface area contributed by atoms with Gasteiger partial charge in [0.25, 0.3) is 5.91 Å². The van der Waals surface area contributed by atoms with Crippen molar-refractivity contribution in [2.75, 3.05) is 6.54 Å². The molecule has 0 saturated carbocycles. The molecule has 0 atom stereocenters. The second-order valence-corrected chi connectivity index (χ2v) is 4.61. The molecular formula is C11H12BrF2N3O2. The molecule has 8 heteroatoms. The summed E-state index contributed by atoms with van der Waals surface area (Å²) in [6, 6.07) is 2.02. The number of nitrogens with zero attached hydrogens (tertiary/aromatic N) is 1. The van der Waals surface area contributed by atoms with Crippen LogP contribution in [0.1, 0.15) is 23.2 Å². The summed E-state index contributed by atoms with van der Waals surface area (Å²) in [6.45, 7) is 0.157. The maximum absolute atomic E-state index is 13.5. The Morgan fingerprint density at radius 1 is 1.42 bits per heavy atom. The Balaban J connectivity index is 2.60. The molecular weight excluding hydrogens is 324 g/mol. The summed E-state index contributed by atoms with van der Waals surface area (Å²) >= 11 is 2.92. The van der Waals surface area contributed by atoms with Crippen LogP contribution in [0, 0.1) is 11.6 Å². The van der Waals surface area contributed by atoms with E-state index >= 15 is 0 Å². The average Bonchev–Trinajstić information content (AvgIpc) is 2.33. The summed E-state index contributed by atoms with van der Waals surface area (Å²) in [4.78, 5) is 11.6. The van der Waals surface area contributed by atoms with Gasteiger partial charge in [0.1, 0.15) is 23.0 Å². The lowest BCUT2D eigenvalue weighted by Crippen LogP contribution is -2.27. The maximum atomic E-state index is 13.5. The third-order valence-corrected chi connectivity index (χ3v) is 2.72. The molecule has 1 rings (SSSR count). The summed E-state index contributed by atoms with van der Waals surface area (Å²) in [5, 5.41) is 13.4. The highest BCUT2D eigenvalue weighted by atomic mass is 79.9. The second-order valence-electron chi connectivity index (χ2n) is 3.70. The predicted molar refractivity (Wildman–Crippen MR) is 69.0 cm³/mol. The lowest BCUT2D eigenvalue weighted by Gasteiger charge is -2.07. The average molecular weight is 336 g/mol. The van der Waals surface area contributed by atoms with E-state index in [1.54, 1.807) is 0 Å². The number of nitrogens with two attached hydrogens (primary N) is 1. The highest BCUT2D eigenvalue weighted by Gasteiger charge is 2.17. The minimum absolute atomic E-state index is 0.0234. The molecule has 104 valence electrons. The first-order chi connectivity index (χ1) is 8.95. The number of hydrogen-bond donors (Lipinski definition) is 3. The summed E-state index contributed by atoms with van der Waals surface area (Å²) in [5.74, 6) is -2.71. The van der Waals surface area contributed by atoms with E-state index in [9.17, 15) is 13.6 Å². The van der Waals surface area contributed by atoms with E-state index < -0.39 is 23.1 Å². The van der Waals surface area contributed by atoms with Crippen LogP contribution in [0.2, 0.25) is 0 Å². The molecule has 0 heterocycles. The summed E-state index contributed by atoms with van der Waals surface area (Å²) < 4.78 is 27.1. The lowest BCUT2D eigenvalue weighted by molar-refractivity contribution is 0.0945. The minimum Gasteiger partial charge on any atom is -0.409 e. The van der Waals surface area contributed by atoms with Gasteiger partial charge in [0.2, 0.25) is 0 Å². The summed E-state index contributed by atoms with van der Waals surface area (Å²) in [6.07, 6.45) is 0.656. The third kappa shape index (κ3) is 4.47. The van der Waals surface area contributed by atoms with Crippen molar-refractivity contribution < 1.29 is 18.8 Å². The van der Waals surface area contributed by atoms with Crippen LogP contribution in [-0.2, 0) is 0 Å². The van der Waals surface area contributed by atoms with Crippen LogP contribution < -0.4 is 11.1 Å². The molecule has 0 spiro atoms. The minimum atomic E-state index is -0.944. The molecule has 0 saturated heterocycles. The molecule has 0 radical (unpaired) electrons. The van der Waals surface area contributed by atoms with Crippen LogP contribution in [-0.4, -0.2) is 23.5 Å². The van der Waals surface area contributed by atoms with E-state index in [-0.39, 0.29) is 23.3 Å². The highest BCUT2D eigenvalue weighted by Crippen LogP contribution is 2.19. The van der Waals surface area contributed by atoms with E-state index in [0.29, 0.717) is 6.42 Å². The van der Waals surface area contributed by atoms with Crippen molar-refractivity contribution in [3.63, 3.8) is 0 Å². The largest absolute Gasteiger partial charge is 0.409 e. The highest BCUT2D eigenvalue weighted by molar-refractivity contribution is 9.10. The summed E-state index contributed by atoms with van der Waals surface area (Å²) in [7, 11) is 0. The van der Waals surface area contributed by atoms with Crippen molar-refractivity contribution in [1.82, 2.24) is 5.32 Å². The van der Waals surface area contributed by atoms with Crippen molar-refractivity contribution in [3.05, 3.63) is 33.8 Å². The van der Waals surface area contributed by atoms with Gasteiger partial charge < -0.3 is 16.3 Å². The van der Waals surface area contributed by atoms with Gasteiger partial charge >= 0.3 is 0 Å². The lowest BCUT2D eigenvalue weighted by atomic mass is 10.2. The number of carbonyl (C=O) groups is 1. The smallest absolute Gasteiger partial charge is 0.257 e. The van der Waals surface area contributed by atoms with Gasteiger partial charge in [-0.15, -0.1) is 0 Å². The van der Waals surface area contributed by atoms with Gasteiger partial charge in [-0.3, -0.25) is 4.79 Å². The van der Waals surface area contributed by atoms with Gasteiger partial charge in [0.05, 0.1) is 0 Å². The number of benzene rings is 1. The van der Waals surface area contributed by atoms with Gasteiger partial charge in [0.15, 0.2) is 0 Å². The molecule has 4 N–H and O–H groups in total. The summed E-state index contributed by atoms with van der Waals surface area (Å²) in [5.41, 5.74) is 4.60. The zero-order valence-electron chi connectivity index (χ0n) is 9.79. The molecule has 1 amide bonds. The van der Waals surface area contributed by atoms with Gasteiger partial charge in [-0.05, 0) is 18.6 Å². The number of carbonyl (C=O) groups excluding carboxylic acids is 1. The fraction of sp³-hybridized carbons (Fsp3) is 0.273. The zero-order valence-corrected chi connectivity index (χ0v) is 11.4. The van der Waals surface area contributed by atoms with Crippen LogP contribution in [0.5, 0.6) is 0 Å². The number of amides is 1. The van der Waals surface area contributed by atoms with Crippen LogP contribution in [0.25, 0.3) is 0 Å². The Bertz CT molecular complexity index is 486. The van der Waals surface area contributed by atoms with E-state index in [4.69, 9.17) is 10.9 Å². The number of halogens is 3. The molecule has 0 aromatic heterocycles. The van der Waals surface area contributed by atoms with Crippen LogP contribution in [0.4, 0.5) is 8.78 Å². The Labute approximate surface area is 116 Å². The van der Waals surface area contributed by atoms with Crippen molar-refractivity contribution in [2.24, 2.45) is 10.9 Å². The molecule has 0 bridgehead atoms. The molecule has 0 aliphatic rings. The quantitative estimate of drug-likeness (QED) is 0.253. The second kappa shape index (κ2) is 7.03. The van der Waals surface area contributed by atoms with Crippen LogP contribution >= 0.6 is 15.9 Å². The monoisotopic (exact) mass is 335 g/mol. The van der Waals surface area contributed by atoms with Gasteiger partial charge in [-0.2, -0.15) is 0 Å². The molecule has 0 unspecified atom stereocenters. The number of oxime groups is 1. The van der Waals surface area contributed by atoms with E-state index in [0.717, 1.165) is 12.1 Å². The molecule has 0 fully saturated rings. The first-order valence-corrected chi connectivity index (χ1v) is 6.14. The number of nitrogens with one attached hydrogen (secondary N) is 1. The maximum Gasteiger partial charge on any atom is 0.257 e. The molecule has 0 aliphatic carbocycles. The zero-order chi connectivity index (χ0) is 14.4. The first-order valence-electron chi connectivity index (χ1n) is 5.35. The molecule has 19 heavy (non-hydrogen) atoms. The van der Waals surface area contributed by atoms with Gasteiger partial charge in [-0.1, -0.05) is 21.1 Å². The van der Waals surface area contributed by atoms with E-state index in [1.807, 2.05) is 0 Å². The van der Waals surface area contributed by atoms with Crippen molar-refractivity contribution in [2.45, 2.75) is 12.8 Å². The number of hydrogen-bond acceptors (Lipinski definition) is 3. The molecule has 0 aliphatic heterocycles. The Kier molecular flexibility index (Phi) is 5.68. The fourth-order valence-electron chi connectivity index (χ4n) is 1.37. The predicted octanol–water partition coefficient (Wildman–Crippen LogP) is 1.98. The van der Waals surface area contributed by atoms with Crippen molar-refractivity contribution in [1.29, 1.82) is 0 Å². The normalized spacial score (nSPS) is 11.4. The molecule has 1 aromatic rings. The first kappa shape index (κ1) is 15.4. The van der Waals surface area contributed by atoms with E-state index in [2.05, 4.69) is 26.4 Å². The molecule has 5 nitrogen and oxygen atoms in total. The topological polar surface area (TPSA) is 87.7 Å².